The average Bonchev–Trinajstić information content (AvgIpc) is 2.71. The molecule has 0 saturated carbocycles. The highest BCUT2D eigenvalue weighted by Gasteiger charge is 2.79. The first-order chi connectivity index (χ1) is 11.6. The summed E-state index contributed by atoms with van der Waals surface area (Å²) in [6.45, 7) is 8.40. The molecule has 0 aromatic heterocycles. The Bertz CT molecular complexity index is 601. The molecule has 140 valence electrons. The molecule has 0 unspecified atom stereocenters. The van der Waals surface area contributed by atoms with Crippen LogP contribution in [0.4, 0.5) is 0 Å². The summed E-state index contributed by atoms with van der Waals surface area (Å²) >= 11 is 0. The maximum absolute atomic E-state index is 12.6. The predicted octanol–water partition coefficient (Wildman–Crippen LogP) is 1.73. The molecule has 2 aliphatic heterocycles. The fourth-order valence-electron chi connectivity index (χ4n) is 4.32. The highest BCUT2D eigenvalue weighted by atomic mass is 31.2. The van der Waals surface area contributed by atoms with E-state index in [2.05, 4.69) is 25.3 Å². The van der Waals surface area contributed by atoms with Gasteiger partial charge in [0.15, 0.2) is 5.60 Å². The fourth-order valence-corrected chi connectivity index (χ4v) is 4.98. The van der Waals surface area contributed by atoms with Gasteiger partial charge in [-0.3, -0.25) is 4.79 Å². The van der Waals surface area contributed by atoms with E-state index in [1.54, 1.807) is 6.92 Å². The van der Waals surface area contributed by atoms with E-state index in [9.17, 15) is 14.7 Å². The van der Waals surface area contributed by atoms with Gasteiger partial charge in [0.2, 0.25) is 11.4 Å². The number of rotatable bonds is 6. The molecule has 6 nitrogen and oxygen atoms in total. The molecule has 2 heterocycles. The summed E-state index contributed by atoms with van der Waals surface area (Å²) < 4.78 is 11.3. The van der Waals surface area contributed by atoms with Crippen molar-refractivity contribution in [3.63, 3.8) is 0 Å². The summed E-state index contributed by atoms with van der Waals surface area (Å²) in [5.41, 5.74) is -2.36. The largest absolute Gasteiger partial charge is 0.453 e. The Morgan fingerprint density at radius 1 is 1.44 bits per heavy atom. The smallest absolute Gasteiger partial charge is 0.339 e. The van der Waals surface area contributed by atoms with E-state index in [4.69, 9.17) is 9.26 Å². The summed E-state index contributed by atoms with van der Waals surface area (Å²) in [4.78, 5) is 25.0. The molecule has 1 aliphatic carbocycles. The molecule has 0 aromatic carbocycles. The van der Waals surface area contributed by atoms with Crippen molar-refractivity contribution in [2.24, 2.45) is 11.8 Å². The second-order valence-corrected chi connectivity index (χ2v) is 12.4. The first-order valence-corrected chi connectivity index (χ1v) is 12.0. The van der Waals surface area contributed by atoms with Crippen molar-refractivity contribution >= 4 is 19.4 Å². The zero-order valence-corrected chi connectivity index (χ0v) is 16.3. The van der Waals surface area contributed by atoms with Crippen LogP contribution in [-0.2, 0) is 18.8 Å². The number of carbonyl (C=O) groups is 2. The number of allylic oxidation sites excluding steroid dienone is 1. The highest BCUT2D eigenvalue weighted by molar-refractivity contribution is 7.69. The molecular weight excluding hydrogens is 341 g/mol. The number of aliphatic hydroxyl groups excluding tert-OH is 1. The van der Waals surface area contributed by atoms with E-state index < -0.39 is 36.6 Å². The maximum atomic E-state index is 12.6. The molecule has 2 saturated heterocycles. The third-order valence-corrected chi connectivity index (χ3v) is 6.69. The summed E-state index contributed by atoms with van der Waals surface area (Å²) in [6.07, 6.45) is 6.26. The molecule has 0 aromatic rings. The lowest BCUT2D eigenvalue weighted by Crippen LogP contribution is -2.80. The van der Waals surface area contributed by atoms with Crippen molar-refractivity contribution in [3.05, 3.63) is 12.2 Å². The number of fused-ring (bicyclic) bond motifs is 1. The number of esters is 1. The van der Waals surface area contributed by atoms with Gasteiger partial charge >= 0.3 is 5.97 Å². The van der Waals surface area contributed by atoms with Gasteiger partial charge in [0.1, 0.15) is 7.49 Å². The highest BCUT2D eigenvalue weighted by Crippen LogP contribution is 2.54. The maximum Gasteiger partial charge on any atom is 0.339 e. The van der Waals surface area contributed by atoms with E-state index in [-0.39, 0.29) is 11.8 Å². The van der Waals surface area contributed by atoms with Crippen molar-refractivity contribution in [2.75, 3.05) is 26.6 Å². The lowest BCUT2D eigenvalue weighted by molar-refractivity contribution is -0.238. The topological polar surface area (TPSA) is 84.9 Å². The van der Waals surface area contributed by atoms with Gasteiger partial charge in [-0.15, -0.1) is 0 Å². The van der Waals surface area contributed by atoms with Crippen LogP contribution in [0.25, 0.3) is 0 Å². The minimum atomic E-state index is -1.40. The Morgan fingerprint density at radius 3 is 2.72 bits per heavy atom. The number of ether oxygens (including phenoxy) is 1. The summed E-state index contributed by atoms with van der Waals surface area (Å²) in [5.74, 6) is -1.40. The normalized spacial score (nSPS) is 38.6. The van der Waals surface area contributed by atoms with Crippen molar-refractivity contribution in [1.29, 1.82) is 0 Å². The molecule has 0 spiro atoms. The van der Waals surface area contributed by atoms with Crippen LogP contribution in [0.2, 0.25) is 0 Å². The molecule has 1 amide bonds. The summed E-state index contributed by atoms with van der Waals surface area (Å²) in [5, 5.41) is 13.8. The molecule has 0 bridgehead atoms. The molecule has 2 N–H and O–H groups in total. The zero-order valence-electron chi connectivity index (χ0n) is 15.4. The van der Waals surface area contributed by atoms with Gasteiger partial charge in [-0.05, 0) is 32.6 Å². The Balaban J connectivity index is 1.80. The van der Waals surface area contributed by atoms with Crippen molar-refractivity contribution < 1.29 is 24.0 Å². The Labute approximate surface area is 149 Å². The van der Waals surface area contributed by atoms with Gasteiger partial charge in [0.25, 0.3) is 0 Å². The number of hydrogen-bond acceptors (Lipinski definition) is 5. The molecule has 3 aliphatic rings. The first-order valence-electron chi connectivity index (χ1n) is 8.98. The minimum Gasteiger partial charge on any atom is -0.453 e. The number of nitrogens with one attached hydrogen (secondary N) is 1. The third-order valence-electron chi connectivity index (χ3n) is 5.74. The SMILES string of the molecule is C[C@@]12OC(=O)[C@]1([C@H](O)[C@@H]1C=CCCC1)NC(=O)[C@@H]2CCO[P+](C)(C)C. The van der Waals surface area contributed by atoms with E-state index in [1.807, 2.05) is 12.2 Å². The van der Waals surface area contributed by atoms with E-state index in [0.717, 1.165) is 19.3 Å². The molecule has 5 atom stereocenters. The number of hydrogen-bond donors (Lipinski definition) is 2. The van der Waals surface area contributed by atoms with Gasteiger partial charge in [-0.25, -0.2) is 9.32 Å². The van der Waals surface area contributed by atoms with Gasteiger partial charge < -0.3 is 15.2 Å². The quantitative estimate of drug-likeness (QED) is 0.423. The van der Waals surface area contributed by atoms with Crippen LogP contribution in [0.3, 0.4) is 0 Å². The Morgan fingerprint density at radius 2 is 2.16 bits per heavy atom. The van der Waals surface area contributed by atoms with Gasteiger partial charge in [0.05, 0.1) is 38.6 Å². The lowest BCUT2D eigenvalue weighted by Gasteiger charge is -2.54. The van der Waals surface area contributed by atoms with Crippen LogP contribution in [0, 0.1) is 11.8 Å². The second-order valence-electron chi connectivity index (χ2n) is 8.33. The van der Waals surface area contributed by atoms with E-state index in [1.165, 1.54) is 0 Å². The van der Waals surface area contributed by atoms with Crippen LogP contribution in [0.1, 0.15) is 32.6 Å². The summed E-state index contributed by atoms with van der Waals surface area (Å²) in [6, 6.07) is 0. The standard InChI is InChI=1S/C18H28NO5P/c1-17-13(10-11-23-25(2,3)4)15(21)19-18(17,16(22)24-17)14(20)12-8-6-5-7-9-12/h6,8,12-14,20H,5,7,9-11H2,1-4H3/p+1/t12-,13+,14-,17+,18+/m1/s1. The molecule has 7 heteroatoms. The van der Waals surface area contributed by atoms with Crippen LogP contribution >= 0.6 is 7.49 Å². The molecule has 3 rings (SSSR count). The van der Waals surface area contributed by atoms with Gasteiger partial charge in [-0.2, -0.15) is 0 Å². The molecule has 0 radical (unpaired) electrons. The van der Waals surface area contributed by atoms with Crippen molar-refractivity contribution in [2.45, 2.75) is 49.9 Å². The molecule has 2 fully saturated rings. The first kappa shape index (κ1) is 18.8. The Hall–Kier alpha value is -0.970. The van der Waals surface area contributed by atoms with Crippen LogP contribution in [0.5, 0.6) is 0 Å². The van der Waals surface area contributed by atoms with E-state index >= 15 is 0 Å². The van der Waals surface area contributed by atoms with Crippen LogP contribution < -0.4 is 5.32 Å². The van der Waals surface area contributed by atoms with Crippen molar-refractivity contribution in [3.8, 4) is 0 Å². The Kier molecular flexibility index (Phi) is 4.76. The fraction of sp³-hybridized carbons (Fsp3) is 0.778. The third kappa shape index (κ3) is 2.92. The number of carbonyl (C=O) groups excluding carboxylic acids is 2. The number of aliphatic hydroxyl groups is 1. The minimum absolute atomic E-state index is 0.142. The molecular formula is C18H29NO5P+. The van der Waals surface area contributed by atoms with Crippen molar-refractivity contribution in [1.82, 2.24) is 5.32 Å². The number of amides is 1. The monoisotopic (exact) mass is 370 g/mol. The van der Waals surface area contributed by atoms with E-state index in [0.29, 0.717) is 13.0 Å². The van der Waals surface area contributed by atoms with Crippen LogP contribution in [0.15, 0.2) is 12.2 Å². The molecule has 25 heavy (non-hydrogen) atoms. The summed E-state index contributed by atoms with van der Waals surface area (Å²) in [7, 11) is -1.40. The predicted molar refractivity (Wildman–Crippen MR) is 96.6 cm³/mol. The lowest BCUT2D eigenvalue weighted by atomic mass is 9.64. The van der Waals surface area contributed by atoms with Gasteiger partial charge in [-0.1, -0.05) is 12.2 Å². The second kappa shape index (κ2) is 6.33. The van der Waals surface area contributed by atoms with Gasteiger partial charge in [0, 0.05) is 5.92 Å². The average molecular weight is 370 g/mol. The van der Waals surface area contributed by atoms with Crippen LogP contribution in [-0.4, -0.2) is 60.8 Å². The zero-order chi connectivity index (χ0) is 18.5.